The first-order valence-corrected chi connectivity index (χ1v) is 10.00. The Balaban J connectivity index is 1.74. The van der Waals surface area contributed by atoms with Crippen LogP contribution in [-0.2, 0) is 15.1 Å². The minimum absolute atomic E-state index is 0.0425. The highest BCUT2D eigenvalue weighted by Gasteiger charge is 2.50. The van der Waals surface area contributed by atoms with Gasteiger partial charge in [0.1, 0.15) is 11.5 Å². The Labute approximate surface area is 174 Å². The van der Waals surface area contributed by atoms with Gasteiger partial charge in [-0.25, -0.2) is 0 Å². The van der Waals surface area contributed by atoms with Crippen LogP contribution in [0.4, 0.5) is 0 Å². The lowest BCUT2D eigenvalue weighted by Crippen LogP contribution is -2.58. The topological polar surface area (TPSA) is 135 Å². The maximum atomic E-state index is 12.3. The first-order valence-electron chi connectivity index (χ1n) is 9.62. The van der Waals surface area contributed by atoms with Crippen molar-refractivity contribution in [1.82, 2.24) is 15.5 Å². The van der Waals surface area contributed by atoms with Gasteiger partial charge in [0.15, 0.2) is 5.54 Å². The predicted molar refractivity (Wildman–Crippen MR) is 111 cm³/mol. The molecule has 1 atom stereocenters. The van der Waals surface area contributed by atoms with E-state index in [9.17, 15) is 9.59 Å². The van der Waals surface area contributed by atoms with Crippen molar-refractivity contribution < 1.29 is 14.3 Å². The van der Waals surface area contributed by atoms with E-state index in [0.29, 0.717) is 17.9 Å². The maximum absolute atomic E-state index is 12.3. The number of aryl methyl sites for hydroxylation is 1. The first kappa shape index (κ1) is 21.5. The molecule has 1 saturated heterocycles. The van der Waals surface area contributed by atoms with Gasteiger partial charge < -0.3 is 26.4 Å². The number of carbonyl (C=O) groups excluding carboxylic acids is 2. The zero-order valence-electron chi connectivity index (χ0n) is 16.5. The van der Waals surface area contributed by atoms with Gasteiger partial charge in [0, 0.05) is 38.3 Å². The van der Waals surface area contributed by atoms with Gasteiger partial charge in [-0.05, 0) is 31.0 Å². The third-order valence-electron chi connectivity index (χ3n) is 5.29. The van der Waals surface area contributed by atoms with Gasteiger partial charge in [-0.3, -0.25) is 19.9 Å². The van der Waals surface area contributed by atoms with E-state index < -0.39 is 17.4 Å². The third-order valence-corrected chi connectivity index (χ3v) is 5.61. The highest BCUT2D eigenvalue weighted by Crippen LogP contribution is 2.36. The summed E-state index contributed by atoms with van der Waals surface area (Å²) in [4.78, 5) is 30.6. The van der Waals surface area contributed by atoms with E-state index in [1.807, 2.05) is 6.92 Å². The number of nitrogens with two attached hydrogens (primary N) is 2. The normalized spacial score (nSPS) is 22.3. The van der Waals surface area contributed by atoms with Crippen molar-refractivity contribution in [3.63, 3.8) is 0 Å². The SMILES string of the molecule is Cc1cc(C2(C(N)=O)NCN=C2C(N)=O)c(Cl)cc1OCCCN1CCNCC1. The van der Waals surface area contributed by atoms with Crippen LogP contribution >= 0.6 is 11.6 Å². The van der Waals surface area contributed by atoms with Crippen molar-refractivity contribution >= 4 is 29.1 Å². The van der Waals surface area contributed by atoms with Crippen LogP contribution in [0, 0.1) is 6.92 Å². The molecule has 2 aliphatic rings. The Morgan fingerprint density at radius 1 is 1.31 bits per heavy atom. The lowest BCUT2D eigenvalue weighted by molar-refractivity contribution is -0.123. The monoisotopic (exact) mass is 422 g/mol. The Morgan fingerprint density at radius 2 is 2.03 bits per heavy atom. The molecule has 0 bridgehead atoms. The summed E-state index contributed by atoms with van der Waals surface area (Å²) in [5.74, 6) is -0.997. The van der Waals surface area contributed by atoms with Crippen LogP contribution in [0.2, 0.25) is 5.02 Å². The van der Waals surface area contributed by atoms with Crippen LogP contribution in [-0.4, -0.2) is 68.4 Å². The molecular weight excluding hydrogens is 396 g/mol. The fourth-order valence-electron chi connectivity index (χ4n) is 3.77. The highest BCUT2D eigenvalue weighted by atomic mass is 35.5. The number of nitrogens with one attached hydrogen (secondary N) is 2. The molecule has 3 rings (SSSR count). The average Bonchev–Trinajstić information content (AvgIpc) is 3.14. The van der Waals surface area contributed by atoms with Crippen LogP contribution in [0.15, 0.2) is 17.1 Å². The number of aliphatic imine (C=N–C) groups is 1. The molecule has 6 N–H and O–H groups in total. The number of rotatable bonds is 8. The summed E-state index contributed by atoms with van der Waals surface area (Å²) in [7, 11) is 0. The Bertz CT molecular complexity index is 824. The molecule has 9 nitrogen and oxygen atoms in total. The predicted octanol–water partition coefficient (Wildman–Crippen LogP) is -0.510. The number of benzene rings is 1. The Morgan fingerprint density at radius 3 is 2.69 bits per heavy atom. The number of primary amides is 2. The smallest absolute Gasteiger partial charge is 0.265 e. The minimum Gasteiger partial charge on any atom is -0.493 e. The van der Waals surface area contributed by atoms with Crippen LogP contribution < -0.4 is 26.8 Å². The van der Waals surface area contributed by atoms with Gasteiger partial charge in [0.2, 0.25) is 5.91 Å². The molecule has 0 aromatic heterocycles. The maximum Gasteiger partial charge on any atom is 0.265 e. The molecule has 0 spiro atoms. The van der Waals surface area contributed by atoms with E-state index in [2.05, 4.69) is 20.5 Å². The molecule has 2 aliphatic heterocycles. The molecular formula is C19H27ClN6O3. The van der Waals surface area contributed by atoms with Crippen molar-refractivity contribution in [3.8, 4) is 5.75 Å². The molecule has 2 heterocycles. The van der Waals surface area contributed by atoms with Crippen LogP contribution in [0.5, 0.6) is 5.75 Å². The molecule has 0 saturated carbocycles. The molecule has 10 heteroatoms. The minimum atomic E-state index is -1.64. The lowest BCUT2D eigenvalue weighted by Gasteiger charge is -2.29. The number of carbonyl (C=O) groups is 2. The largest absolute Gasteiger partial charge is 0.493 e. The average molecular weight is 423 g/mol. The van der Waals surface area contributed by atoms with E-state index in [1.165, 1.54) is 0 Å². The summed E-state index contributed by atoms with van der Waals surface area (Å²) in [6.45, 7) is 7.54. The third kappa shape index (κ3) is 4.37. The summed E-state index contributed by atoms with van der Waals surface area (Å²) in [5, 5.41) is 6.45. The van der Waals surface area contributed by atoms with E-state index in [-0.39, 0.29) is 17.4 Å². The number of nitrogens with zero attached hydrogens (tertiary/aromatic N) is 2. The van der Waals surface area contributed by atoms with Crippen molar-refractivity contribution in [2.45, 2.75) is 18.9 Å². The van der Waals surface area contributed by atoms with E-state index in [1.54, 1.807) is 12.1 Å². The fourth-order valence-corrected chi connectivity index (χ4v) is 4.07. The fraction of sp³-hybridized carbons (Fsp3) is 0.526. The molecule has 2 amide bonds. The van der Waals surface area contributed by atoms with Crippen LogP contribution in [0.1, 0.15) is 17.5 Å². The number of hydrogen-bond donors (Lipinski definition) is 4. The second-order valence-corrected chi connectivity index (χ2v) is 7.62. The molecule has 1 aromatic rings. The molecule has 0 radical (unpaired) electrons. The summed E-state index contributed by atoms with van der Waals surface area (Å²) in [6, 6.07) is 3.33. The number of ether oxygens (including phenoxy) is 1. The lowest BCUT2D eigenvalue weighted by atomic mass is 9.83. The van der Waals surface area contributed by atoms with Gasteiger partial charge in [-0.15, -0.1) is 0 Å². The standard InChI is InChI=1S/C19H27ClN6O3/c1-12-9-13(19(18(22)28)16(17(21)27)24-11-25-19)14(20)10-15(12)29-8-2-5-26-6-3-23-4-7-26/h9-10,23,25H,2-8,11H2,1H3,(H2,21,27)(H2,22,28). The first-order chi connectivity index (χ1) is 13.9. The molecule has 1 aromatic carbocycles. The van der Waals surface area contributed by atoms with Gasteiger partial charge in [0.05, 0.1) is 18.3 Å². The molecule has 158 valence electrons. The second-order valence-electron chi connectivity index (χ2n) is 7.21. The zero-order valence-corrected chi connectivity index (χ0v) is 17.2. The van der Waals surface area contributed by atoms with Crippen LogP contribution in [0.25, 0.3) is 0 Å². The summed E-state index contributed by atoms with van der Waals surface area (Å²) < 4.78 is 5.91. The number of halogens is 1. The van der Waals surface area contributed by atoms with Gasteiger partial charge in [-0.2, -0.15) is 0 Å². The van der Waals surface area contributed by atoms with Crippen molar-refractivity contribution in [3.05, 3.63) is 28.3 Å². The highest BCUT2D eigenvalue weighted by molar-refractivity contribution is 6.47. The van der Waals surface area contributed by atoms with Gasteiger partial charge in [-0.1, -0.05) is 11.6 Å². The van der Waals surface area contributed by atoms with E-state index in [4.69, 9.17) is 27.8 Å². The second kappa shape index (κ2) is 9.08. The Kier molecular flexibility index (Phi) is 6.74. The van der Waals surface area contributed by atoms with Crippen molar-refractivity contribution in [2.24, 2.45) is 16.5 Å². The summed E-state index contributed by atoms with van der Waals surface area (Å²) >= 11 is 6.47. The molecule has 0 aliphatic carbocycles. The molecule has 1 fully saturated rings. The quantitative estimate of drug-likeness (QED) is 0.417. The van der Waals surface area contributed by atoms with Crippen molar-refractivity contribution in [1.29, 1.82) is 0 Å². The van der Waals surface area contributed by atoms with Gasteiger partial charge in [0.25, 0.3) is 5.91 Å². The zero-order chi connectivity index (χ0) is 21.0. The summed E-state index contributed by atoms with van der Waals surface area (Å²) in [5.41, 5.74) is 10.4. The van der Waals surface area contributed by atoms with E-state index >= 15 is 0 Å². The number of hydrogen-bond acceptors (Lipinski definition) is 7. The van der Waals surface area contributed by atoms with Crippen LogP contribution in [0.3, 0.4) is 0 Å². The van der Waals surface area contributed by atoms with E-state index in [0.717, 1.165) is 44.7 Å². The summed E-state index contributed by atoms with van der Waals surface area (Å²) in [6.07, 6.45) is 0.893. The Hall–Kier alpha value is -2.20. The number of amides is 2. The van der Waals surface area contributed by atoms with Gasteiger partial charge >= 0.3 is 0 Å². The molecule has 1 unspecified atom stereocenters. The number of piperazine rings is 1. The molecule has 29 heavy (non-hydrogen) atoms. The van der Waals surface area contributed by atoms with Crippen molar-refractivity contribution in [2.75, 3.05) is 46.0 Å².